The van der Waals surface area contributed by atoms with Crippen LogP contribution in [0.25, 0.3) is 11.4 Å². The fourth-order valence-electron chi connectivity index (χ4n) is 4.39. The molecular formula is C21H27ClN6O2. The van der Waals surface area contributed by atoms with E-state index in [0.29, 0.717) is 23.1 Å². The van der Waals surface area contributed by atoms with Crippen molar-refractivity contribution < 1.29 is 9.05 Å². The standard InChI is InChI=1S/C21H26N6O2.ClH/c1-14(2)10-17-23-18(28-25-17)13-27-8-5-21(6-9-27)11-16(21)20-24-19(26-29-20)15-4-3-7-22-12-15;/h3-4,7,12,14,16H,5-6,8-11,13H2,1-2H3;1H. The molecule has 1 aliphatic heterocycles. The Kier molecular flexibility index (Phi) is 5.88. The average molecular weight is 431 g/mol. The number of aromatic nitrogens is 5. The van der Waals surface area contributed by atoms with E-state index >= 15 is 0 Å². The molecule has 1 atom stereocenters. The molecule has 2 aliphatic rings. The molecule has 0 aromatic carbocycles. The number of nitrogens with zero attached hydrogens (tertiary/aromatic N) is 6. The Hall–Kier alpha value is -2.32. The van der Waals surface area contributed by atoms with Crippen LogP contribution in [0.2, 0.25) is 0 Å². The van der Waals surface area contributed by atoms with E-state index in [1.807, 2.05) is 12.1 Å². The molecule has 1 spiro atoms. The summed E-state index contributed by atoms with van der Waals surface area (Å²) in [6.45, 7) is 7.12. The maximum atomic E-state index is 5.59. The van der Waals surface area contributed by atoms with Gasteiger partial charge in [0, 0.05) is 30.3 Å². The van der Waals surface area contributed by atoms with Crippen molar-refractivity contribution in [2.75, 3.05) is 13.1 Å². The monoisotopic (exact) mass is 430 g/mol. The lowest BCUT2D eigenvalue weighted by atomic mass is 9.91. The number of halogens is 1. The van der Waals surface area contributed by atoms with Gasteiger partial charge in [0.25, 0.3) is 0 Å². The Bertz CT molecular complexity index is 965. The molecule has 160 valence electrons. The van der Waals surface area contributed by atoms with Gasteiger partial charge in [-0.25, -0.2) is 0 Å². The number of hydrogen-bond donors (Lipinski definition) is 0. The Morgan fingerprint density at radius 3 is 2.73 bits per heavy atom. The lowest BCUT2D eigenvalue weighted by molar-refractivity contribution is 0.144. The van der Waals surface area contributed by atoms with Gasteiger partial charge in [-0.15, -0.1) is 12.4 Å². The predicted molar refractivity (Wildman–Crippen MR) is 112 cm³/mol. The summed E-state index contributed by atoms with van der Waals surface area (Å²) in [5.41, 5.74) is 1.20. The van der Waals surface area contributed by atoms with Crippen LogP contribution in [0.5, 0.6) is 0 Å². The van der Waals surface area contributed by atoms with Crippen molar-refractivity contribution in [1.29, 1.82) is 0 Å². The van der Waals surface area contributed by atoms with E-state index in [1.165, 1.54) is 0 Å². The highest BCUT2D eigenvalue weighted by molar-refractivity contribution is 5.85. The van der Waals surface area contributed by atoms with Gasteiger partial charge in [0.05, 0.1) is 6.54 Å². The maximum Gasteiger partial charge on any atom is 0.240 e. The number of hydrogen-bond acceptors (Lipinski definition) is 8. The zero-order valence-corrected chi connectivity index (χ0v) is 18.1. The third kappa shape index (κ3) is 4.25. The third-order valence-corrected chi connectivity index (χ3v) is 6.16. The van der Waals surface area contributed by atoms with E-state index in [1.54, 1.807) is 12.4 Å². The van der Waals surface area contributed by atoms with Gasteiger partial charge < -0.3 is 9.05 Å². The van der Waals surface area contributed by atoms with E-state index in [4.69, 9.17) is 9.05 Å². The summed E-state index contributed by atoms with van der Waals surface area (Å²) in [6, 6.07) is 3.84. The zero-order chi connectivity index (χ0) is 19.8. The van der Waals surface area contributed by atoms with Gasteiger partial charge in [-0.1, -0.05) is 24.2 Å². The second-order valence-corrected chi connectivity index (χ2v) is 8.80. The van der Waals surface area contributed by atoms with Crippen molar-refractivity contribution in [3.8, 4) is 11.4 Å². The van der Waals surface area contributed by atoms with Crippen LogP contribution in [0.4, 0.5) is 0 Å². The molecule has 8 nitrogen and oxygen atoms in total. The van der Waals surface area contributed by atoms with Crippen LogP contribution < -0.4 is 0 Å². The van der Waals surface area contributed by atoms with Crippen molar-refractivity contribution in [2.45, 2.75) is 52.0 Å². The van der Waals surface area contributed by atoms with Crippen LogP contribution >= 0.6 is 12.4 Å². The van der Waals surface area contributed by atoms with Gasteiger partial charge in [-0.05, 0) is 55.8 Å². The summed E-state index contributed by atoms with van der Waals surface area (Å²) in [4.78, 5) is 15.7. The Labute approximate surface area is 181 Å². The van der Waals surface area contributed by atoms with Gasteiger partial charge in [0.1, 0.15) is 0 Å². The average Bonchev–Trinajstić information content (AvgIpc) is 3.07. The maximum absolute atomic E-state index is 5.59. The van der Waals surface area contributed by atoms with Crippen LogP contribution in [0, 0.1) is 11.3 Å². The lowest BCUT2D eigenvalue weighted by Gasteiger charge is -2.31. The minimum absolute atomic E-state index is 0. The molecule has 2 fully saturated rings. The van der Waals surface area contributed by atoms with Crippen molar-refractivity contribution >= 4 is 12.4 Å². The van der Waals surface area contributed by atoms with Gasteiger partial charge >= 0.3 is 0 Å². The molecule has 4 heterocycles. The van der Waals surface area contributed by atoms with Crippen molar-refractivity contribution in [1.82, 2.24) is 30.2 Å². The SMILES string of the molecule is CC(C)Cc1noc(CN2CCC3(CC2)CC3c2nc(-c3cccnc3)no2)n1.Cl. The molecule has 5 rings (SSSR count). The van der Waals surface area contributed by atoms with Gasteiger partial charge in [-0.3, -0.25) is 9.88 Å². The molecule has 0 N–H and O–H groups in total. The first kappa shape index (κ1) is 20.9. The highest BCUT2D eigenvalue weighted by atomic mass is 35.5. The second kappa shape index (κ2) is 8.43. The highest BCUT2D eigenvalue weighted by Gasteiger charge is 2.58. The molecule has 1 saturated carbocycles. The summed E-state index contributed by atoms with van der Waals surface area (Å²) in [5, 5.41) is 8.25. The summed E-state index contributed by atoms with van der Waals surface area (Å²) in [5.74, 6) is 3.84. The fourth-order valence-corrected chi connectivity index (χ4v) is 4.39. The summed E-state index contributed by atoms with van der Waals surface area (Å²) < 4.78 is 11.0. The summed E-state index contributed by atoms with van der Waals surface area (Å²) >= 11 is 0. The van der Waals surface area contributed by atoms with E-state index < -0.39 is 0 Å². The van der Waals surface area contributed by atoms with E-state index in [9.17, 15) is 0 Å². The predicted octanol–water partition coefficient (Wildman–Crippen LogP) is 3.90. The van der Waals surface area contributed by atoms with Crippen LogP contribution in [0.15, 0.2) is 33.6 Å². The number of piperidine rings is 1. The Morgan fingerprint density at radius 1 is 1.17 bits per heavy atom. The van der Waals surface area contributed by atoms with Crippen LogP contribution in [-0.4, -0.2) is 43.3 Å². The Morgan fingerprint density at radius 2 is 2.00 bits per heavy atom. The zero-order valence-electron chi connectivity index (χ0n) is 17.3. The largest absolute Gasteiger partial charge is 0.339 e. The normalized spacial score (nSPS) is 20.4. The topological polar surface area (TPSA) is 94.0 Å². The molecule has 3 aromatic heterocycles. The van der Waals surface area contributed by atoms with E-state index in [-0.39, 0.29) is 12.4 Å². The molecule has 1 unspecified atom stereocenters. The minimum atomic E-state index is 0. The molecule has 3 aromatic rings. The second-order valence-electron chi connectivity index (χ2n) is 8.80. The van der Waals surface area contributed by atoms with E-state index in [0.717, 1.165) is 68.5 Å². The van der Waals surface area contributed by atoms with Gasteiger partial charge in [0.15, 0.2) is 5.82 Å². The van der Waals surface area contributed by atoms with Crippen LogP contribution in [0.3, 0.4) is 0 Å². The fraction of sp³-hybridized carbons (Fsp3) is 0.571. The summed E-state index contributed by atoms with van der Waals surface area (Å²) in [6.07, 6.45) is 7.77. The number of likely N-dealkylation sites (tertiary alicyclic amines) is 1. The number of pyridine rings is 1. The molecule has 0 radical (unpaired) electrons. The molecule has 1 saturated heterocycles. The first-order valence-electron chi connectivity index (χ1n) is 10.4. The first-order valence-corrected chi connectivity index (χ1v) is 10.4. The number of rotatable bonds is 6. The quantitative estimate of drug-likeness (QED) is 0.581. The Balaban J connectivity index is 0.00000218. The summed E-state index contributed by atoms with van der Waals surface area (Å²) in [7, 11) is 0. The first-order chi connectivity index (χ1) is 14.1. The molecule has 0 amide bonds. The molecule has 9 heteroatoms. The van der Waals surface area contributed by atoms with E-state index in [2.05, 4.69) is 44.0 Å². The van der Waals surface area contributed by atoms with Crippen molar-refractivity contribution in [2.24, 2.45) is 11.3 Å². The third-order valence-electron chi connectivity index (χ3n) is 6.16. The van der Waals surface area contributed by atoms with Gasteiger partial charge in [-0.2, -0.15) is 9.97 Å². The van der Waals surface area contributed by atoms with Crippen LogP contribution in [-0.2, 0) is 13.0 Å². The highest BCUT2D eigenvalue weighted by Crippen LogP contribution is 2.64. The lowest BCUT2D eigenvalue weighted by Crippen LogP contribution is -2.34. The van der Waals surface area contributed by atoms with Crippen molar-refractivity contribution in [3.05, 3.63) is 42.1 Å². The molecule has 30 heavy (non-hydrogen) atoms. The molecule has 0 bridgehead atoms. The minimum Gasteiger partial charge on any atom is -0.339 e. The smallest absolute Gasteiger partial charge is 0.240 e. The molecule has 1 aliphatic carbocycles. The van der Waals surface area contributed by atoms with Gasteiger partial charge in [0.2, 0.25) is 17.6 Å². The van der Waals surface area contributed by atoms with Crippen molar-refractivity contribution in [3.63, 3.8) is 0 Å². The van der Waals surface area contributed by atoms with Crippen LogP contribution in [0.1, 0.15) is 56.6 Å². The molecular weight excluding hydrogens is 404 g/mol.